The van der Waals surface area contributed by atoms with Gasteiger partial charge in [0.05, 0.1) is 16.6 Å². The van der Waals surface area contributed by atoms with Crippen LogP contribution < -0.4 is 10.1 Å². The molecule has 29 heavy (non-hydrogen) atoms. The Balaban J connectivity index is 2.21. The molecule has 2 aromatic carbocycles. The summed E-state index contributed by atoms with van der Waals surface area (Å²) >= 11 is 0. The quantitative estimate of drug-likeness (QED) is 0.277. The SMILES string of the molecule is CC(C)OC(=O)c1ccc(Nc2ccc(OC(F)(F)C(F)F)cc2)c([N+](=O)[O-])c1. The first-order chi connectivity index (χ1) is 13.5. The van der Waals surface area contributed by atoms with Crippen LogP contribution in [0.4, 0.5) is 34.6 Å². The van der Waals surface area contributed by atoms with E-state index < -0.39 is 41.0 Å². The lowest BCUT2D eigenvalue weighted by Crippen LogP contribution is -2.33. The van der Waals surface area contributed by atoms with Crippen LogP contribution >= 0.6 is 0 Å². The molecule has 0 bridgehead atoms. The zero-order chi connectivity index (χ0) is 21.8. The molecule has 0 aromatic heterocycles. The maximum absolute atomic E-state index is 12.9. The van der Waals surface area contributed by atoms with E-state index in [1.54, 1.807) is 13.8 Å². The number of alkyl halides is 4. The summed E-state index contributed by atoms with van der Waals surface area (Å²) in [5, 5.41) is 14.0. The third-order valence-corrected chi connectivity index (χ3v) is 3.41. The minimum Gasteiger partial charge on any atom is -0.459 e. The fourth-order valence-corrected chi connectivity index (χ4v) is 2.16. The molecule has 0 atom stereocenters. The van der Waals surface area contributed by atoms with Crippen LogP contribution in [0.2, 0.25) is 0 Å². The van der Waals surface area contributed by atoms with Crippen molar-refractivity contribution in [2.45, 2.75) is 32.5 Å². The van der Waals surface area contributed by atoms with Gasteiger partial charge in [0.2, 0.25) is 0 Å². The molecule has 0 fully saturated rings. The van der Waals surface area contributed by atoms with Crippen molar-refractivity contribution in [2.75, 3.05) is 5.32 Å². The molecule has 0 unspecified atom stereocenters. The minimum atomic E-state index is -4.64. The van der Waals surface area contributed by atoms with Crippen LogP contribution in [0, 0.1) is 10.1 Å². The van der Waals surface area contributed by atoms with E-state index in [4.69, 9.17) is 4.74 Å². The van der Waals surface area contributed by atoms with Crippen molar-refractivity contribution in [3.05, 3.63) is 58.1 Å². The average Bonchev–Trinajstić information content (AvgIpc) is 2.62. The van der Waals surface area contributed by atoms with Gasteiger partial charge in [-0.2, -0.15) is 17.6 Å². The molecule has 2 aromatic rings. The van der Waals surface area contributed by atoms with Crippen molar-refractivity contribution in [3.63, 3.8) is 0 Å². The number of nitrogens with zero attached hydrogens (tertiary/aromatic N) is 1. The summed E-state index contributed by atoms with van der Waals surface area (Å²) in [6.45, 7) is 3.26. The lowest BCUT2D eigenvalue weighted by atomic mass is 10.1. The highest BCUT2D eigenvalue weighted by atomic mass is 19.3. The number of ether oxygens (including phenoxy) is 2. The second-order valence-electron chi connectivity index (χ2n) is 6.06. The van der Waals surface area contributed by atoms with Crippen LogP contribution in [-0.2, 0) is 4.74 Å². The Morgan fingerprint density at radius 3 is 2.28 bits per heavy atom. The highest BCUT2D eigenvalue weighted by molar-refractivity contribution is 5.91. The number of carbonyl (C=O) groups is 1. The molecule has 0 spiro atoms. The van der Waals surface area contributed by atoms with Gasteiger partial charge in [0.15, 0.2) is 0 Å². The highest BCUT2D eigenvalue weighted by Crippen LogP contribution is 2.31. The lowest BCUT2D eigenvalue weighted by Gasteiger charge is -2.17. The van der Waals surface area contributed by atoms with E-state index in [9.17, 15) is 32.5 Å². The van der Waals surface area contributed by atoms with Crippen LogP contribution in [0.15, 0.2) is 42.5 Å². The zero-order valence-electron chi connectivity index (χ0n) is 15.2. The van der Waals surface area contributed by atoms with Gasteiger partial charge in [-0.15, -0.1) is 0 Å². The first-order valence-electron chi connectivity index (χ1n) is 8.21. The molecule has 1 N–H and O–H groups in total. The average molecular weight is 416 g/mol. The van der Waals surface area contributed by atoms with Crippen molar-refractivity contribution in [3.8, 4) is 5.75 Å². The monoisotopic (exact) mass is 416 g/mol. The fraction of sp³-hybridized carbons (Fsp3) is 0.278. The van der Waals surface area contributed by atoms with Crippen molar-refractivity contribution in [1.82, 2.24) is 0 Å². The molecular weight excluding hydrogens is 400 g/mol. The minimum absolute atomic E-state index is 0.0164. The van der Waals surface area contributed by atoms with E-state index in [0.717, 1.165) is 18.2 Å². The smallest absolute Gasteiger partial charge is 0.459 e. The van der Waals surface area contributed by atoms with Crippen molar-refractivity contribution >= 4 is 23.0 Å². The summed E-state index contributed by atoms with van der Waals surface area (Å²) in [7, 11) is 0. The number of carbonyl (C=O) groups excluding carboxylic acids is 1. The molecule has 2 rings (SSSR count). The van der Waals surface area contributed by atoms with Crippen LogP contribution in [0.25, 0.3) is 0 Å². The number of rotatable bonds is 8. The number of hydrogen-bond acceptors (Lipinski definition) is 6. The van der Waals surface area contributed by atoms with Gasteiger partial charge in [-0.3, -0.25) is 10.1 Å². The summed E-state index contributed by atoms with van der Waals surface area (Å²) in [5.74, 6) is -1.24. The lowest BCUT2D eigenvalue weighted by molar-refractivity contribution is -0.383. The fourth-order valence-electron chi connectivity index (χ4n) is 2.16. The third kappa shape index (κ3) is 5.80. The predicted octanol–water partition coefficient (Wildman–Crippen LogP) is 5.14. The summed E-state index contributed by atoms with van der Waals surface area (Å²) in [4.78, 5) is 22.5. The van der Waals surface area contributed by atoms with Gasteiger partial charge in [0.1, 0.15) is 11.4 Å². The second-order valence-corrected chi connectivity index (χ2v) is 6.06. The van der Waals surface area contributed by atoms with Gasteiger partial charge in [-0.25, -0.2) is 4.79 Å². The molecule has 0 aliphatic heterocycles. The summed E-state index contributed by atoms with van der Waals surface area (Å²) in [6, 6.07) is 8.06. The van der Waals surface area contributed by atoms with E-state index in [2.05, 4.69) is 10.1 Å². The number of halogens is 4. The topological polar surface area (TPSA) is 90.7 Å². The van der Waals surface area contributed by atoms with Gasteiger partial charge in [0.25, 0.3) is 5.69 Å². The Morgan fingerprint density at radius 1 is 1.14 bits per heavy atom. The summed E-state index contributed by atoms with van der Waals surface area (Å²) in [6.07, 6.45) is -9.05. The molecule has 0 saturated heterocycles. The molecule has 11 heteroatoms. The molecule has 156 valence electrons. The van der Waals surface area contributed by atoms with Crippen LogP contribution in [0.1, 0.15) is 24.2 Å². The van der Waals surface area contributed by atoms with Crippen molar-refractivity contribution < 1.29 is 36.8 Å². The van der Waals surface area contributed by atoms with E-state index in [1.165, 1.54) is 24.3 Å². The number of benzene rings is 2. The molecule has 0 aliphatic carbocycles. The maximum Gasteiger partial charge on any atom is 0.461 e. The first kappa shape index (κ1) is 21.9. The Hall–Kier alpha value is -3.37. The van der Waals surface area contributed by atoms with Crippen molar-refractivity contribution in [2.24, 2.45) is 0 Å². The molecule has 0 radical (unpaired) electrons. The maximum atomic E-state index is 12.9. The number of hydrogen-bond donors (Lipinski definition) is 1. The van der Waals surface area contributed by atoms with Gasteiger partial charge in [0, 0.05) is 11.8 Å². The van der Waals surface area contributed by atoms with E-state index in [0.29, 0.717) is 0 Å². The molecule has 0 amide bonds. The number of nitro groups is 1. The number of esters is 1. The Bertz CT molecular complexity index is 888. The van der Waals surface area contributed by atoms with Crippen LogP contribution in [-0.4, -0.2) is 29.5 Å². The van der Waals surface area contributed by atoms with Gasteiger partial charge in [-0.1, -0.05) is 0 Å². The number of nitrogens with one attached hydrogen (secondary N) is 1. The van der Waals surface area contributed by atoms with E-state index in [-0.39, 0.29) is 16.9 Å². The highest BCUT2D eigenvalue weighted by Gasteiger charge is 2.43. The first-order valence-corrected chi connectivity index (χ1v) is 8.21. The third-order valence-electron chi connectivity index (χ3n) is 3.41. The van der Waals surface area contributed by atoms with E-state index >= 15 is 0 Å². The van der Waals surface area contributed by atoms with Crippen LogP contribution in [0.3, 0.4) is 0 Å². The molecule has 0 heterocycles. The predicted molar refractivity (Wildman–Crippen MR) is 95.0 cm³/mol. The molecule has 7 nitrogen and oxygen atoms in total. The van der Waals surface area contributed by atoms with Crippen LogP contribution in [0.5, 0.6) is 5.75 Å². The Kier molecular flexibility index (Phi) is 6.62. The Morgan fingerprint density at radius 2 is 1.76 bits per heavy atom. The standard InChI is InChI=1S/C18H16F4N2O5/c1-10(2)28-16(25)11-3-8-14(15(9-11)24(26)27)23-12-4-6-13(7-5-12)29-18(21,22)17(19)20/h3-10,17,23H,1-2H3. The van der Waals surface area contributed by atoms with Gasteiger partial charge >= 0.3 is 18.5 Å². The molecular formula is C18H16F4N2O5. The normalized spacial score (nSPS) is 11.4. The largest absolute Gasteiger partial charge is 0.461 e. The van der Waals surface area contributed by atoms with Gasteiger partial charge in [-0.05, 0) is 50.2 Å². The number of anilines is 2. The summed E-state index contributed by atoms with van der Waals surface area (Å²) < 4.78 is 59.0. The van der Waals surface area contributed by atoms with Gasteiger partial charge < -0.3 is 14.8 Å². The number of nitro benzene ring substituents is 1. The van der Waals surface area contributed by atoms with Crippen molar-refractivity contribution in [1.29, 1.82) is 0 Å². The Labute approximate surface area is 162 Å². The zero-order valence-corrected chi connectivity index (χ0v) is 15.2. The van der Waals surface area contributed by atoms with E-state index in [1.807, 2.05) is 0 Å². The second kappa shape index (κ2) is 8.76. The summed E-state index contributed by atoms with van der Waals surface area (Å²) in [5.41, 5.74) is -0.192. The molecule has 0 saturated carbocycles. The molecule has 0 aliphatic rings.